The van der Waals surface area contributed by atoms with Gasteiger partial charge in [0.2, 0.25) is 0 Å². The standard InChI is InChI=1S/C21H21ClN2O.CH2O2/c22-20-7-5-19(6-8-20)21(15-24-13-14-25)18-3-1-16(2-4-18)17-9-11-23-12-10-17;2-1-3/h1-12,21,24-25H,13-15H2;1H,(H,2,3). The highest BCUT2D eigenvalue weighted by Gasteiger charge is 2.14. The maximum Gasteiger partial charge on any atom is 0.290 e. The van der Waals surface area contributed by atoms with Crippen molar-refractivity contribution < 1.29 is 15.0 Å². The Hall–Kier alpha value is -2.73. The normalized spacial score (nSPS) is 11.2. The van der Waals surface area contributed by atoms with Gasteiger partial charge in [-0.15, -0.1) is 0 Å². The van der Waals surface area contributed by atoms with Gasteiger partial charge >= 0.3 is 0 Å². The lowest BCUT2D eigenvalue weighted by molar-refractivity contribution is -0.122. The van der Waals surface area contributed by atoms with E-state index in [0.717, 1.165) is 17.1 Å². The van der Waals surface area contributed by atoms with Gasteiger partial charge in [-0.1, -0.05) is 48.0 Å². The molecule has 6 heteroatoms. The van der Waals surface area contributed by atoms with E-state index in [1.165, 1.54) is 16.7 Å². The molecule has 0 spiro atoms. The zero-order valence-corrected chi connectivity index (χ0v) is 16.1. The molecular weight excluding hydrogens is 376 g/mol. The van der Waals surface area contributed by atoms with Crippen LogP contribution in [-0.2, 0) is 4.79 Å². The lowest BCUT2D eigenvalue weighted by Gasteiger charge is -2.19. The van der Waals surface area contributed by atoms with Crippen molar-refractivity contribution in [2.75, 3.05) is 19.7 Å². The van der Waals surface area contributed by atoms with Gasteiger partial charge in [0.25, 0.3) is 6.47 Å². The van der Waals surface area contributed by atoms with Crippen molar-refractivity contribution >= 4 is 18.1 Å². The molecule has 0 saturated heterocycles. The van der Waals surface area contributed by atoms with E-state index in [9.17, 15) is 0 Å². The zero-order valence-electron chi connectivity index (χ0n) is 15.3. The van der Waals surface area contributed by atoms with Crippen molar-refractivity contribution in [3.63, 3.8) is 0 Å². The van der Waals surface area contributed by atoms with Gasteiger partial charge in [0.05, 0.1) is 6.61 Å². The SMILES string of the molecule is O=CO.OCCNCC(c1ccc(Cl)cc1)c1ccc(-c2ccncc2)cc1. The Bertz CT molecular complexity index is 825. The van der Waals surface area contributed by atoms with Crippen LogP contribution in [0.15, 0.2) is 73.1 Å². The first-order chi connectivity index (χ1) is 13.7. The maximum absolute atomic E-state index is 9.03. The summed E-state index contributed by atoms with van der Waals surface area (Å²) in [5.41, 5.74) is 4.75. The number of pyridine rings is 1. The zero-order chi connectivity index (χ0) is 20.2. The number of hydrogen-bond acceptors (Lipinski definition) is 4. The highest BCUT2D eigenvalue weighted by atomic mass is 35.5. The first kappa shape index (κ1) is 21.6. The van der Waals surface area contributed by atoms with Gasteiger partial charge in [-0.3, -0.25) is 9.78 Å². The maximum atomic E-state index is 9.03. The molecule has 0 radical (unpaired) electrons. The summed E-state index contributed by atoms with van der Waals surface area (Å²) in [6.45, 7) is 1.23. The molecule has 0 fully saturated rings. The van der Waals surface area contributed by atoms with Crippen LogP contribution in [0.4, 0.5) is 0 Å². The number of rotatable bonds is 7. The van der Waals surface area contributed by atoms with E-state index in [-0.39, 0.29) is 19.0 Å². The molecule has 0 saturated carbocycles. The van der Waals surface area contributed by atoms with Crippen molar-refractivity contribution in [2.24, 2.45) is 0 Å². The van der Waals surface area contributed by atoms with E-state index in [0.29, 0.717) is 6.54 Å². The van der Waals surface area contributed by atoms with Crippen LogP contribution in [0.1, 0.15) is 17.0 Å². The number of carbonyl (C=O) groups is 1. The molecular formula is C22H23ClN2O3. The second kappa shape index (κ2) is 11.9. The first-order valence-electron chi connectivity index (χ1n) is 8.84. The van der Waals surface area contributed by atoms with Crippen molar-refractivity contribution in [2.45, 2.75) is 5.92 Å². The van der Waals surface area contributed by atoms with Crippen molar-refractivity contribution in [3.8, 4) is 11.1 Å². The monoisotopic (exact) mass is 398 g/mol. The second-order valence-corrected chi connectivity index (χ2v) is 6.43. The molecule has 146 valence electrons. The third kappa shape index (κ3) is 6.46. The Morgan fingerprint density at radius 2 is 1.43 bits per heavy atom. The van der Waals surface area contributed by atoms with Crippen molar-refractivity contribution in [1.29, 1.82) is 0 Å². The van der Waals surface area contributed by atoms with Crippen molar-refractivity contribution in [3.05, 3.63) is 89.2 Å². The predicted molar refractivity (Wildman–Crippen MR) is 112 cm³/mol. The van der Waals surface area contributed by atoms with E-state index < -0.39 is 0 Å². The Kier molecular flexibility index (Phi) is 9.15. The molecule has 2 aromatic carbocycles. The summed E-state index contributed by atoms with van der Waals surface area (Å²) in [4.78, 5) is 12.4. The van der Waals surface area contributed by atoms with Crippen molar-refractivity contribution in [1.82, 2.24) is 10.3 Å². The van der Waals surface area contributed by atoms with Crippen LogP contribution >= 0.6 is 11.6 Å². The summed E-state index contributed by atoms with van der Waals surface area (Å²) in [5.74, 6) is 0.204. The quantitative estimate of drug-likeness (QED) is 0.416. The number of halogens is 1. The number of hydrogen-bond donors (Lipinski definition) is 3. The summed E-state index contributed by atoms with van der Waals surface area (Å²) in [6.07, 6.45) is 3.61. The van der Waals surface area contributed by atoms with E-state index in [1.54, 1.807) is 12.4 Å². The fourth-order valence-electron chi connectivity index (χ4n) is 2.90. The second-order valence-electron chi connectivity index (χ2n) is 6.00. The largest absolute Gasteiger partial charge is 0.483 e. The molecule has 3 aromatic rings. The topological polar surface area (TPSA) is 82.5 Å². The number of nitrogens with zero attached hydrogens (tertiary/aromatic N) is 1. The van der Waals surface area contributed by atoms with Crippen LogP contribution in [0, 0.1) is 0 Å². The van der Waals surface area contributed by atoms with E-state index in [2.05, 4.69) is 46.7 Å². The number of aromatic nitrogens is 1. The molecule has 28 heavy (non-hydrogen) atoms. The molecule has 1 atom stereocenters. The van der Waals surface area contributed by atoms with Gasteiger partial charge in [-0.05, 0) is 46.5 Å². The minimum atomic E-state index is -0.250. The molecule has 5 nitrogen and oxygen atoms in total. The molecule has 1 unspecified atom stereocenters. The van der Waals surface area contributed by atoms with Gasteiger partial charge in [0, 0.05) is 36.4 Å². The average Bonchev–Trinajstić information content (AvgIpc) is 2.74. The highest BCUT2D eigenvalue weighted by Crippen LogP contribution is 2.28. The molecule has 0 amide bonds. The summed E-state index contributed by atoms with van der Waals surface area (Å²) in [6, 6.07) is 20.6. The third-order valence-electron chi connectivity index (χ3n) is 4.24. The molecule has 0 aliphatic carbocycles. The molecule has 1 aromatic heterocycles. The van der Waals surface area contributed by atoms with Gasteiger partial charge in [-0.2, -0.15) is 0 Å². The minimum absolute atomic E-state index is 0.133. The van der Waals surface area contributed by atoms with Crippen LogP contribution in [-0.4, -0.2) is 41.4 Å². The summed E-state index contributed by atoms with van der Waals surface area (Å²) in [7, 11) is 0. The van der Waals surface area contributed by atoms with E-state index in [1.807, 2.05) is 24.3 Å². The van der Waals surface area contributed by atoms with E-state index >= 15 is 0 Å². The number of nitrogens with one attached hydrogen (secondary N) is 1. The lowest BCUT2D eigenvalue weighted by atomic mass is 9.90. The Balaban J connectivity index is 0.000000878. The molecule has 0 bridgehead atoms. The van der Waals surface area contributed by atoms with Crippen LogP contribution < -0.4 is 5.32 Å². The molecule has 3 N–H and O–H groups in total. The average molecular weight is 399 g/mol. The Morgan fingerprint density at radius 1 is 0.929 bits per heavy atom. The number of benzene rings is 2. The third-order valence-corrected chi connectivity index (χ3v) is 4.49. The Labute approximate surface area is 169 Å². The summed E-state index contributed by atoms with van der Waals surface area (Å²) >= 11 is 6.02. The number of aliphatic hydroxyl groups is 1. The van der Waals surface area contributed by atoms with Crippen LogP contribution in [0.25, 0.3) is 11.1 Å². The molecule has 0 aliphatic heterocycles. The molecule has 0 aliphatic rings. The smallest absolute Gasteiger partial charge is 0.290 e. The van der Waals surface area contributed by atoms with Gasteiger partial charge in [0.1, 0.15) is 0 Å². The number of aliphatic hydroxyl groups excluding tert-OH is 1. The molecule has 1 heterocycles. The van der Waals surface area contributed by atoms with Crippen LogP contribution in [0.5, 0.6) is 0 Å². The fourth-order valence-corrected chi connectivity index (χ4v) is 3.03. The lowest BCUT2D eigenvalue weighted by Crippen LogP contribution is -2.25. The first-order valence-corrected chi connectivity index (χ1v) is 9.22. The van der Waals surface area contributed by atoms with Gasteiger partial charge in [0.15, 0.2) is 0 Å². The highest BCUT2D eigenvalue weighted by molar-refractivity contribution is 6.30. The van der Waals surface area contributed by atoms with Crippen LogP contribution in [0.3, 0.4) is 0 Å². The summed E-state index contributed by atoms with van der Waals surface area (Å²) in [5, 5.41) is 20.0. The van der Waals surface area contributed by atoms with Gasteiger partial charge < -0.3 is 15.5 Å². The predicted octanol–water partition coefficient (Wildman–Crippen LogP) is 3.82. The van der Waals surface area contributed by atoms with Gasteiger partial charge in [-0.25, -0.2) is 0 Å². The van der Waals surface area contributed by atoms with E-state index in [4.69, 9.17) is 26.6 Å². The minimum Gasteiger partial charge on any atom is -0.483 e. The molecule has 3 rings (SSSR count). The van der Waals surface area contributed by atoms with Crippen LogP contribution in [0.2, 0.25) is 5.02 Å². The fraction of sp³-hybridized carbons (Fsp3) is 0.182. The summed E-state index contributed by atoms with van der Waals surface area (Å²) < 4.78 is 0. The Morgan fingerprint density at radius 3 is 1.96 bits per heavy atom. The number of carboxylic acid groups (broad SMARTS) is 1.